The summed E-state index contributed by atoms with van der Waals surface area (Å²) in [5.41, 5.74) is 4.94. The van der Waals surface area contributed by atoms with Gasteiger partial charge in [-0.3, -0.25) is 24.0 Å². The Morgan fingerprint density at radius 1 is 0.983 bits per heavy atom. The van der Waals surface area contributed by atoms with Crippen LogP contribution in [0.1, 0.15) is 86.1 Å². The molecule has 1 unspecified atom stereocenters. The quantitative estimate of drug-likeness (QED) is 0.105. The van der Waals surface area contributed by atoms with Gasteiger partial charge >= 0.3 is 5.97 Å². The maximum atomic E-state index is 14.4. The number of nitrogens with zero attached hydrogens (tertiary/aromatic N) is 3. The number of likely N-dealkylation sites (tertiary alicyclic amines) is 1. The molecule has 1 aromatic rings. The third-order valence-corrected chi connectivity index (χ3v) is 11.9. The summed E-state index contributed by atoms with van der Waals surface area (Å²) in [6.45, 7) is 13.8. The van der Waals surface area contributed by atoms with Gasteiger partial charge in [-0.15, -0.1) is 0 Å². The van der Waals surface area contributed by atoms with Crippen LogP contribution in [0.5, 0.6) is 0 Å². The van der Waals surface area contributed by atoms with Crippen LogP contribution >= 0.6 is 0 Å². The molecule has 16 nitrogen and oxygen atoms in total. The van der Waals surface area contributed by atoms with Gasteiger partial charge in [-0.1, -0.05) is 71.4 Å². The van der Waals surface area contributed by atoms with E-state index in [0.29, 0.717) is 39.0 Å². The first kappa shape index (κ1) is 51.0. The van der Waals surface area contributed by atoms with Crippen molar-refractivity contribution in [3.05, 3.63) is 35.9 Å². The SMILES string of the molecule is CC[C@H](C)[C@@H]([C@@H](CC(=O)N1CCC[C@H]1C(OC)[C@@H](C)C(=O)N[C@@H](Cc1ccccc1)C(=O)O)OC)N(C)C(=O)[C@@H](NC(=O)C(C)(C)N(C)C(=O)CCOCCN)C(C)C. The van der Waals surface area contributed by atoms with Gasteiger partial charge in [0.1, 0.15) is 17.6 Å². The van der Waals surface area contributed by atoms with E-state index < -0.39 is 65.6 Å². The molecule has 0 radical (unpaired) electrons. The highest BCUT2D eigenvalue weighted by molar-refractivity contribution is 5.94. The van der Waals surface area contributed by atoms with Gasteiger partial charge in [0, 0.05) is 47.8 Å². The molecular formula is C43H72N6O10. The van der Waals surface area contributed by atoms with Gasteiger partial charge in [0.25, 0.3) is 0 Å². The minimum Gasteiger partial charge on any atom is -0.480 e. The third kappa shape index (κ3) is 14.0. The lowest BCUT2D eigenvalue weighted by Crippen LogP contribution is -2.62. The van der Waals surface area contributed by atoms with Crippen LogP contribution in [0.4, 0.5) is 0 Å². The number of carbonyl (C=O) groups is 6. The highest BCUT2D eigenvalue weighted by atomic mass is 16.5. The standard InChI is InChI=1S/C43H72N6O10/c1-12-28(4)37(47(8)40(53)36(27(2)3)46-42(56)43(6,7)48(9)34(50)20-23-59-24-21-44)33(57-10)26-35(51)49-22-16-19-32(49)38(58-11)29(5)39(52)45-31(41(54)55)25-30-17-14-13-15-18-30/h13-15,17-18,27-29,31-33,36-38H,12,16,19-26,44H2,1-11H3,(H,45,52)(H,46,56)(H,54,55)/t28-,29+,31-,32-,33+,36-,37-,38?/m0/s1. The second kappa shape index (κ2) is 24.2. The normalized spacial score (nSPS) is 17.9. The number of aliphatic carboxylic acids is 1. The van der Waals surface area contributed by atoms with Crippen molar-refractivity contribution in [2.75, 3.05) is 54.6 Å². The zero-order valence-electron chi connectivity index (χ0n) is 37.2. The summed E-state index contributed by atoms with van der Waals surface area (Å²) in [4.78, 5) is 85.6. The van der Waals surface area contributed by atoms with Crippen LogP contribution in [0.15, 0.2) is 30.3 Å². The summed E-state index contributed by atoms with van der Waals surface area (Å²) < 4.78 is 17.2. The first-order chi connectivity index (χ1) is 27.8. The van der Waals surface area contributed by atoms with Crippen molar-refractivity contribution in [1.29, 1.82) is 0 Å². The molecule has 1 aliphatic rings. The molecule has 2 rings (SSSR count). The highest BCUT2D eigenvalue weighted by Gasteiger charge is 2.44. The molecule has 0 spiro atoms. The van der Waals surface area contributed by atoms with Crippen LogP contribution in [0.2, 0.25) is 0 Å². The van der Waals surface area contributed by atoms with Crippen LogP contribution in [0.25, 0.3) is 0 Å². The van der Waals surface area contributed by atoms with Crippen molar-refractivity contribution < 1.29 is 48.1 Å². The maximum Gasteiger partial charge on any atom is 0.326 e. The fraction of sp³-hybridized carbons (Fsp3) is 0.721. The number of carboxylic acids is 1. The number of nitrogens with one attached hydrogen (secondary N) is 2. The van der Waals surface area contributed by atoms with Gasteiger partial charge in [-0.25, -0.2) is 4.79 Å². The monoisotopic (exact) mass is 833 g/mol. The summed E-state index contributed by atoms with van der Waals surface area (Å²) in [7, 11) is 6.18. The molecular weight excluding hydrogens is 761 g/mol. The summed E-state index contributed by atoms with van der Waals surface area (Å²) >= 11 is 0. The Balaban J connectivity index is 2.26. The number of benzene rings is 1. The average molecular weight is 833 g/mol. The molecule has 5 amide bonds. The Kier molecular flexibility index (Phi) is 20.9. The van der Waals surface area contributed by atoms with Crippen LogP contribution < -0.4 is 16.4 Å². The Hall–Kier alpha value is -4.12. The topological polar surface area (TPSA) is 210 Å². The number of hydrogen-bond donors (Lipinski definition) is 4. The summed E-state index contributed by atoms with van der Waals surface area (Å²) in [5, 5.41) is 15.5. The fourth-order valence-electron chi connectivity index (χ4n) is 7.69. The molecule has 59 heavy (non-hydrogen) atoms. The predicted octanol–water partition coefficient (Wildman–Crippen LogP) is 2.46. The number of amides is 5. The lowest BCUT2D eigenvalue weighted by atomic mass is 9.89. The van der Waals surface area contributed by atoms with Gasteiger partial charge in [0.15, 0.2) is 0 Å². The molecule has 5 N–H and O–H groups in total. The fourth-order valence-corrected chi connectivity index (χ4v) is 7.69. The molecule has 1 fully saturated rings. The molecule has 0 aliphatic carbocycles. The molecule has 8 atom stereocenters. The van der Waals surface area contributed by atoms with Crippen molar-refractivity contribution in [3.63, 3.8) is 0 Å². The summed E-state index contributed by atoms with van der Waals surface area (Å²) in [6, 6.07) is 5.92. The van der Waals surface area contributed by atoms with Gasteiger partial charge in [-0.05, 0) is 44.1 Å². The van der Waals surface area contributed by atoms with Crippen molar-refractivity contribution >= 4 is 35.5 Å². The largest absolute Gasteiger partial charge is 0.480 e. The zero-order valence-corrected chi connectivity index (χ0v) is 37.2. The number of nitrogens with two attached hydrogens (primary N) is 1. The highest BCUT2D eigenvalue weighted by Crippen LogP contribution is 2.30. The summed E-state index contributed by atoms with van der Waals surface area (Å²) in [5.74, 6) is -4.26. The van der Waals surface area contributed by atoms with Gasteiger partial charge in [-0.2, -0.15) is 0 Å². The van der Waals surface area contributed by atoms with E-state index in [2.05, 4.69) is 10.6 Å². The van der Waals surface area contributed by atoms with E-state index in [4.69, 9.17) is 19.9 Å². The van der Waals surface area contributed by atoms with Gasteiger partial charge in [0.05, 0.1) is 56.3 Å². The van der Waals surface area contributed by atoms with Crippen molar-refractivity contribution in [3.8, 4) is 0 Å². The zero-order chi connectivity index (χ0) is 44.6. The van der Waals surface area contributed by atoms with E-state index in [1.165, 1.54) is 19.1 Å². The molecule has 1 saturated heterocycles. The minimum atomic E-state index is -1.29. The molecule has 0 bridgehead atoms. The number of likely N-dealkylation sites (N-methyl/N-ethyl adjacent to an activating group) is 2. The van der Waals surface area contributed by atoms with Crippen LogP contribution in [0.3, 0.4) is 0 Å². The molecule has 334 valence electrons. The molecule has 1 aromatic carbocycles. The summed E-state index contributed by atoms with van der Waals surface area (Å²) in [6.07, 6.45) is 0.580. The number of carbonyl (C=O) groups excluding carboxylic acids is 5. The smallest absolute Gasteiger partial charge is 0.326 e. The average Bonchev–Trinajstić information content (AvgIpc) is 3.70. The van der Waals surface area contributed by atoms with Gasteiger partial charge < -0.3 is 50.4 Å². The first-order valence-electron chi connectivity index (χ1n) is 20.8. The second-order valence-electron chi connectivity index (χ2n) is 16.5. The number of rotatable bonds is 25. The molecule has 0 saturated carbocycles. The number of ether oxygens (including phenoxy) is 3. The number of hydrogen-bond acceptors (Lipinski definition) is 10. The Morgan fingerprint density at radius 3 is 2.17 bits per heavy atom. The number of methoxy groups -OCH3 is 2. The van der Waals surface area contributed by atoms with Crippen LogP contribution in [0, 0.1) is 17.8 Å². The van der Waals surface area contributed by atoms with E-state index >= 15 is 0 Å². The predicted molar refractivity (Wildman–Crippen MR) is 224 cm³/mol. The van der Waals surface area contributed by atoms with Crippen molar-refractivity contribution in [2.24, 2.45) is 23.5 Å². The van der Waals surface area contributed by atoms with Crippen LogP contribution in [-0.4, -0.2) is 152 Å². The van der Waals surface area contributed by atoms with Crippen molar-refractivity contribution in [1.82, 2.24) is 25.3 Å². The van der Waals surface area contributed by atoms with Crippen LogP contribution in [-0.2, 0) is 49.4 Å². The van der Waals surface area contributed by atoms with E-state index in [9.17, 15) is 33.9 Å². The Bertz CT molecular complexity index is 1530. The lowest BCUT2D eigenvalue weighted by Gasteiger charge is -2.41. The minimum absolute atomic E-state index is 0.0667. The lowest BCUT2D eigenvalue weighted by molar-refractivity contribution is -0.150. The molecule has 1 heterocycles. The van der Waals surface area contributed by atoms with Gasteiger partial charge in [0.2, 0.25) is 29.5 Å². The first-order valence-corrected chi connectivity index (χ1v) is 20.8. The van der Waals surface area contributed by atoms with E-state index in [1.54, 1.807) is 68.9 Å². The van der Waals surface area contributed by atoms with E-state index in [1.807, 2.05) is 33.8 Å². The Labute approximate surface area is 351 Å². The van der Waals surface area contributed by atoms with E-state index in [0.717, 1.165) is 5.56 Å². The number of carboxylic acid groups (broad SMARTS) is 1. The van der Waals surface area contributed by atoms with E-state index in [-0.39, 0.29) is 55.4 Å². The second-order valence-corrected chi connectivity index (χ2v) is 16.5. The maximum absolute atomic E-state index is 14.4. The third-order valence-electron chi connectivity index (χ3n) is 11.9. The Morgan fingerprint density at radius 2 is 1.63 bits per heavy atom. The molecule has 16 heteroatoms. The molecule has 0 aromatic heterocycles. The van der Waals surface area contributed by atoms with Crippen molar-refractivity contribution in [2.45, 2.75) is 129 Å². The molecule has 1 aliphatic heterocycles.